The molecule has 0 aliphatic rings. The number of anilines is 1. The van der Waals surface area contributed by atoms with Gasteiger partial charge in [-0.1, -0.05) is 11.6 Å². The maximum Gasteiger partial charge on any atom is 0.148 e. The topological polar surface area (TPSA) is 63.6 Å². The van der Waals surface area contributed by atoms with Crippen LogP contribution in [0.15, 0.2) is 12.3 Å². The van der Waals surface area contributed by atoms with Crippen LogP contribution in [0.25, 0.3) is 0 Å². The Hall–Kier alpha value is -1.75. The van der Waals surface area contributed by atoms with Crippen molar-refractivity contribution in [2.75, 3.05) is 11.9 Å². The van der Waals surface area contributed by atoms with Crippen molar-refractivity contribution in [3.63, 3.8) is 0 Å². The number of halogens is 1. The van der Waals surface area contributed by atoms with E-state index in [0.29, 0.717) is 23.2 Å². The molecule has 0 aliphatic heterocycles. The first-order chi connectivity index (χ1) is 9.04. The van der Waals surface area contributed by atoms with Crippen LogP contribution in [-0.2, 0) is 6.42 Å². The van der Waals surface area contributed by atoms with Crippen molar-refractivity contribution >= 4 is 17.4 Å². The average molecular weight is 278 g/mol. The van der Waals surface area contributed by atoms with Crippen molar-refractivity contribution < 1.29 is 0 Å². The first kappa shape index (κ1) is 13.7. The standard InChI is InChI=1S/C13H16ClN5/c1-8-6-9(2)18-12(17-8)4-5-15-13-11(14)7-16-10(3)19-13/h6-7H,4-5H2,1-3H3,(H,15,16,19). The fourth-order valence-corrected chi connectivity index (χ4v) is 1.94. The Labute approximate surface area is 117 Å². The van der Waals surface area contributed by atoms with E-state index in [1.165, 1.54) is 0 Å². The molecule has 0 spiro atoms. The lowest BCUT2D eigenvalue weighted by atomic mass is 10.3. The van der Waals surface area contributed by atoms with Gasteiger partial charge in [0.15, 0.2) is 0 Å². The Bertz CT molecular complexity index is 565. The Morgan fingerprint density at radius 3 is 2.47 bits per heavy atom. The fraction of sp³-hybridized carbons (Fsp3) is 0.385. The summed E-state index contributed by atoms with van der Waals surface area (Å²) in [5, 5.41) is 3.70. The van der Waals surface area contributed by atoms with Crippen LogP contribution in [0.2, 0.25) is 5.02 Å². The van der Waals surface area contributed by atoms with Crippen LogP contribution in [0, 0.1) is 20.8 Å². The first-order valence-corrected chi connectivity index (χ1v) is 6.46. The van der Waals surface area contributed by atoms with E-state index in [-0.39, 0.29) is 0 Å². The zero-order chi connectivity index (χ0) is 13.8. The zero-order valence-corrected chi connectivity index (χ0v) is 12.0. The molecule has 1 N–H and O–H groups in total. The number of rotatable bonds is 4. The highest BCUT2D eigenvalue weighted by Gasteiger charge is 2.04. The van der Waals surface area contributed by atoms with Crippen molar-refractivity contribution in [1.82, 2.24) is 19.9 Å². The third kappa shape index (κ3) is 3.86. The number of aryl methyl sites for hydroxylation is 3. The van der Waals surface area contributed by atoms with E-state index in [9.17, 15) is 0 Å². The third-order valence-corrected chi connectivity index (χ3v) is 2.81. The van der Waals surface area contributed by atoms with Gasteiger partial charge in [0, 0.05) is 24.4 Å². The summed E-state index contributed by atoms with van der Waals surface area (Å²) in [6.45, 7) is 6.44. The summed E-state index contributed by atoms with van der Waals surface area (Å²) in [6.07, 6.45) is 2.32. The maximum atomic E-state index is 6.01. The molecule has 0 atom stereocenters. The van der Waals surface area contributed by atoms with Crippen LogP contribution >= 0.6 is 11.6 Å². The van der Waals surface area contributed by atoms with Crippen LogP contribution in [-0.4, -0.2) is 26.5 Å². The quantitative estimate of drug-likeness (QED) is 0.930. The van der Waals surface area contributed by atoms with E-state index >= 15 is 0 Å². The number of aromatic nitrogens is 4. The largest absolute Gasteiger partial charge is 0.368 e. The van der Waals surface area contributed by atoms with Gasteiger partial charge >= 0.3 is 0 Å². The molecule has 100 valence electrons. The normalized spacial score (nSPS) is 10.5. The van der Waals surface area contributed by atoms with Gasteiger partial charge in [0.2, 0.25) is 0 Å². The molecule has 0 aromatic carbocycles. The molecule has 0 aliphatic carbocycles. The second-order valence-corrected chi connectivity index (χ2v) is 4.76. The highest BCUT2D eigenvalue weighted by Crippen LogP contribution is 2.17. The molecule has 0 saturated heterocycles. The lowest BCUT2D eigenvalue weighted by Gasteiger charge is -2.07. The number of hydrogen-bond acceptors (Lipinski definition) is 5. The van der Waals surface area contributed by atoms with Gasteiger partial charge < -0.3 is 5.32 Å². The minimum Gasteiger partial charge on any atom is -0.368 e. The van der Waals surface area contributed by atoms with Gasteiger partial charge in [0.25, 0.3) is 0 Å². The van der Waals surface area contributed by atoms with Gasteiger partial charge in [-0.3, -0.25) is 0 Å². The summed E-state index contributed by atoms with van der Waals surface area (Å²) in [7, 11) is 0. The van der Waals surface area contributed by atoms with Crippen molar-refractivity contribution in [1.29, 1.82) is 0 Å². The molecule has 2 rings (SSSR count). The zero-order valence-electron chi connectivity index (χ0n) is 11.2. The number of hydrogen-bond donors (Lipinski definition) is 1. The summed E-state index contributed by atoms with van der Waals surface area (Å²) < 4.78 is 0. The molecule has 0 radical (unpaired) electrons. The van der Waals surface area contributed by atoms with Gasteiger partial charge in [-0.2, -0.15) is 0 Å². The molecule has 0 saturated carbocycles. The minimum atomic E-state index is 0.520. The lowest BCUT2D eigenvalue weighted by Crippen LogP contribution is -2.10. The van der Waals surface area contributed by atoms with E-state index < -0.39 is 0 Å². The summed E-state index contributed by atoms with van der Waals surface area (Å²) >= 11 is 6.01. The highest BCUT2D eigenvalue weighted by atomic mass is 35.5. The molecule has 0 amide bonds. The Morgan fingerprint density at radius 1 is 1.11 bits per heavy atom. The monoisotopic (exact) mass is 277 g/mol. The van der Waals surface area contributed by atoms with Crippen LogP contribution < -0.4 is 5.32 Å². The third-order valence-electron chi connectivity index (χ3n) is 2.53. The van der Waals surface area contributed by atoms with E-state index in [2.05, 4.69) is 25.3 Å². The van der Waals surface area contributed by atoms with Crippen molar-refractivity contribution in [3.8, 4) is 0 Å². The maximum absolute atomic E-state index is 6.01. The lowest BCUT2D eigenvalue weighted by molar-refractivity contribution is 0.859. The molecule has 2 aromatic rings. The minimum absolute atomic E-state index is 0.520. The van der Waals surface area contributed by atoms with E-state index in [1.54, 1.807) is 6.20 Å². The van der Waals surface area contributed by atoms with E-state index in [1.807, 2.05) is 26.8 Å². The Morgan fingerprint density at radius 2 is 1.79 bits per heavy atom. The Kier molecular flexibility index (Phi) is 4.27. The molecular formula is C13H16ClN5. The highest BCUT2D eigenvalue weighted by molar-refractivity contribution is 6.32. The van der Waals surface area contributed by atoms with Crippen LogP contribution in [0.4, 0.5) is 5.82 Å². The summed E-state index contributed by atoms with van der Waals surface area (Å²) in [5.41, 5.74) is 1.97. The predicted molar refractivity (Wildman–Crippen MR) is 75.5 cm³/mol. The van der Waals surface area contributed by atoms with Crippen molar-refractivity contribution in [2.45, 2.75) is 27.2 Å². The molecule has 0 fully saturated rings. The van der Waals surface area contributed by atoms with Gasteiger partial charge in [0.1, 0.15) is 22.5 Å². The average Bonchev–Trinajstić information content (AvgIpc) is 2.32. The summed E-state index contributed by atoms with van der Waals surface area (Å²) in [4.78, 5) is 17.0. The molecule has 2 aromatic heterocycles. The summed E-state index contributed by atoms with van der Waals surface area (Å²) in [6, 6.07) is 1.96. The fourth-order valence-electron chi connectivity index (χ4n) is 1.78. The van der Waals surface area contributed by atoms with Crippen LogP contribution in [0.5, 0.6) is 0 Å². The SMILES string of the molecule is Cc1cc(C)nc(CCNc2nc(C)ncc2Cl)n1. The molecule has 0 bridgehead atoms. The van der Waals surface area contributed by atoms with Gasteiger partial charge in [-0.05, 0) is 26.8 Å². The van der Waals surface area contributed by atoms with Crippen LogP contribution in [0.3, 0.4) is 0 Å². The van der Waals surface area contributed by atoms with Gasteiger partial charge in [-0.25, -0.2) is 19.9 Å². The first-order valence-electron chi connectivity index (χ1n) is 6.09. The molecule has 5 nitrogen and oxygen atoms in total. The molecule has 2 heterocycles. The molecular weight excluding hydrogens is 262 g/mol. The van der Waals surface area contributed by atoms with Crippen LogP contribution in [0.1, 0.15) is 23.0 Å². The summed E-state index contributed by atoms with van der Waals surface area (Å²) in [5.74, 6) is 2.17. The van der Waals surface area contributed by atoms with Crippen molar-refractivity contribution in [2.24, 2.45) is 0 Å². The molecule has 6 heteroatoms. The smallest absolute Gasteiger partial charge is 0.148 e. The number of nitrogens with zero attached hydrogens (tertiary/aromatic N) is 4. The van der Waals surface area contributed by atoms with Crippen molar-refractivity contribution in [3.05, 3.63) is 40.3 Å². The van der Waals surface area contributed by atoms with Gasteiger partial charge in [0.05, 0.1) is 6.20 Å². The molecule has 0 unspecified atom stereocenters. The predicted octanol–water partition coefficient (Wildman–Crippen LogP) is 2.50. The Balaban J connectivity index is 1.98. The van der Waals surface area contributed by atoms with E-state index in [0.717, 1.165) is 23.6 Å². The second-order valence-electron chi connectivity index (χ2n) is 4.36. The molecule has 19 heavy (non-hydrogen) atoms. The van der Waals surface area contributed by atoms with Gasteiger partial charge in [-0.15, -0.1) is 0 Å². The second kappa shape index (κ2) is 5.93. The van der Waals surface area contributed by atoms with E-state index in [4.69, 9.17) is 11.6 Å². The number of nitrogens with one attached hydrogen (secondary N) is 1.